The van der Waals surface area contributed by atoms with E-state index >= 15 is 0 Å². The van der Waals surface area contributed by atoms with Crippen LogP contribution in [-0.2, 0) is 0 Å². The second kappa shape index (κ2) is 7.06. The summed E-state index contributed by atoms with van der Waals surface area (Å²) in [5.74, 6) is -1.16. The molecule has 0 radical (unpaired) electrons. The molecule has 6 nitrogen and oxygen atoms in total. The van der Waals surface area contributed by atoms with E-state index in [9.17, 15) is 19.2 Å². The van der Waals surface area contributed by atoms with Gasteiger partial charge < -0.3 is 0 Å². The van der Waals surface area contributed by atoms with Crippen LogP contribution in [-0.4, -0.2) is 45.5 Å². The Balaban J connectivity index is 1.43. The molecule has 3 aliphatic rings. The van der Waals surface area contributed by atoms with E-state index in [1.54, 1.807) is 48.5 Å². The highest BCUT2D eigenvalue weighted by molar-refractivity contribution is 6.22. The SMILES string of the molecule is O=C1c2ccccc2C(=O)N1C1/C=C\C(N2C(=O)c3ccccc3C2=O)CCCC1. The third-order valence-corrected chi connectivity index (χ3v) is 6.12. The van der Waals surface area contributed by atoms with Gasteiger partial charge in [-0.25, -0.2) is 0 Å². The van der Waals surface area contributed by atoms with Crippen LogP contribution in [0, 0.1) is 0 Å². The fraction of sp³-hybridized carbons (Fsp3) is 0.250. The van der Waals surface area contributed by atoms with E-state index in [0.717, 1.165) is 12.8 Å². The normalized spacial score (nSPS) is 24.5. The van der Waals surface area contributed by atoms with E-state index in [1.165, 1.54) is 9.80 Å². The van der Waals surface area contributed by atoms with Gasteiger partial charge in [-0.1, -0.05) is 49.3 Å². The van der Waals surface area contributed by atoms with Crippen LogP contribution in [0.5, 0.6) is 0 Å². The van der Waals surface area contributed by atoms with Gasteiger partial charge in [-0.2, -0.15) is 0 Å². The highest BCUT2D eigenvalue weighted by Crippen LogP contribution is 2.31. The Hall–Kier alpha value is -3.54. The Morgan fingerprint density at radius 2 is 0.833 bits per heavy atom. The molecular weight excluding hydrogens is 380 g/mol. The summed E-state index contributed by atoms with van der Waals surface area (Å²) in [6.45, 7) is 0. The molecule has 0 aromatic heterocycles. The van der Waals surface area contributed by atoms with Crippen LogP contribution in [0.2, 0.25) is 0 Å². The first-order valence-electron chi connectivity index (χ1n) is 10.2. The molecule has 0 spiro atoms. The third-order valence-electron chi connectivity index (χ3n) is 6.12. The van der Waals surface area contributed by atoms with Gasteiger partial charge in [0.25, 0.3) is 23.6 Å². The van der Waals surface area contributed by atoms with Crippen molar-refractivity contribution in [1.82, 2.24) is 9.80 Å². The van der Waals surface area contributed by atoms with E-state index in [2.05, 4.69) is 0 Å². The fourth-order valence-corrected chi connectivity index (χ4v) is 4.60. The zero-order valence-electron chi connectivity index (χ0n) is 16.3. The Labute approximate surface area is 173 Å². The molecule has 2 aromatic rings. The lowest BCUT2D eigenvalue weighted by atomic mass is 9.97. The quantitative estimate of drug-likeness (QED) is 0.572. The molecule has 4 amide bonds. The number of benzene rings is 2. The van der Waals surface area contributed by atoms with Gasteiger partial charge in [0.05, 0.1) is 34.3 Å². The first kappa shape index (κ1) is 18.5. The predicted molar refractivity (Wildman–Crippen MR) is 109 cm³/mol. The van der Waals surface area contributed by atoms with E-state index in [1.807, 2.05) is 12.2 Å². The average Bonchev–Trinajstić information content (AvgIpc) is 3.15. The monoisotopic (exact) mass is 400 g/mol. The number of fused-ring (bicyclic) bond motifs is 2. The lowest BCUT2D eigenvalue weighted by Gasteiger charge is -2.29. The largest absolute Gasteiger partial charge is 0.269 e. The summed E-state index contributed by atoms with van der Waals surface area (Å²) in [6, 6.07) is 12.9. The number of rotatable bonds is 2. The summed E-state index contributed by atoms with van der Waals surface area (Å²) in [5.41, 5.74) is 1.70. The maximum Gasteiger partial charge on any atom is 0.262 e. The summed E-state index contributed by atoms with van der Waals surface area (Å²) in [7, 11) is 0. The Morgan fingerprint density at radius 1 is 0.533 bits per heavy atom. The lowest BCUT2D eigenvalue weighted by molar-refractivity contribution is 0.0570. The van der Waals surface area contributed by atoms with Gasteiger partial charge in [-0.15, -0.1) is 0 Å². The van der Waals surface area contributed by atoms with Crippen molar-refractivity contribution >= 4 is 23.6 Å². The predicted octanol–water partition coefficient (Wildman–Crippen LogP) is 3.45. The minimum atomic E-state index is -0.393. The summed E-state index contributed by atoms with van der Waals surface area (Å²) < 4.78 is 0. The van der Waals surface area contributed by atoms with Crippen LogP contribution in [0.1, 0.15) is 67.1 Å². The molecule has 0 bridgehead atoms. The van der Waals surface area contributed by atoms with E-state index in [0.29, 0.717) is 35.1 Å². The van der Waals surface area contributed by atoms with E-state index < -0.39 is 12.1 Å². The zero-order chi connectivity index (χ0) is 20.8. The van der Waals surface area contributed by atoms with Crippen LogP contribution < -0.4 is 0 Å². The summed E-state index contributed by atoms with van der Waals surface area (Å²) in [4.78, 5) is 54.0. The van der Waals surface area contributed by atoms with Gasteiger partial charge in [0.15, 0.2) is 0 Å². The highest BCUT2D eigenvalue weighted by atomic mass is 16.2. The number of imide groups is 2. The van der Waals surface area contributed by atoms with Gasteiger partial charge >= 0.3 is 0 Å². The average molecular weight is 400 g/mol. The first-order valence-corrected chi connectivity index (χ1v) is 10.2. The number of carbonyl (C=O) groups excluding carboxylic acids is 4. The van der Waals surface area contributed by atoms with Gasteiger partial charge in [0.2, 0.25) is 0 Å². The number of hydrogen-bond acceptors (Lipinski definition) is 4. The summed E-state index contributed by atoms with van der Waals surface area (Å²) in [6.07, 6.45) is 6.54. The molecule has 2 aliphatic heterocycles. The van der Waals surface area contributed by atoms with Gasteiger partial charge in [-0.05, 0) is 37.1 Å². The molecule has 1 aliphatic carbocycles. The molecule has 150 valence electrons. The van der Waals surface area contributed by atoms with Gasteiger partial charge in [0, 0.05) is 0 Å². The molecule has 0 saturated heterocycles. The van der Waals surface area contributed by atoms with Crippen molar-refractivity contribution in [2.24, 2.45) is 0 Å². The standard InChI is InChI=1S/C24H20N2O4/c27-21-17-9-3-4-10-18(17)22(28)25(21)15-7-1-2-8-16(14-13-15)26-23(29)19-11-5-6-12-20(19)24(26)30/h3-6,9-16H,1-2,7-8H2/b14-13-. The molecule has 2 atom stereocenters. The molecule has 2 aromatic carbocycles. The van der Waals surface area contributed by atoms with Crippen LogP contribution in [0.4, 0.5) is 0 Å². The lowest BCUT2D eigenvalue weighted by Crippen LogP contribution is -2.42. The third kappa shape index (κ3) is 2.71. The van der Waals surface area contributed by atoms with Gasteiger partial charge in [0.1, 0.15) is 0 Å². The molecule has 30 heavy (non-hydrogen) atoms. The second-order valence-electron chi connectivity index (χ2n) is 7.86. The number of hydrogen-bond donors (Lipinski definition) is 0. The van der Waals surface area contributed by atoms with E-state index in [4.69, 9.17) is 0 Å². The van der Waals surface area contributed by atoms with E-state index in [-0.39, 0.29) is 23.6 Å². The van der Waals surface area contributed by atoms with Crippen molar-refractivity contribution < 1.29 is 19.2 Å². The Morgan fingerprint density at radius 3 is 1.13 bits per heavy atom. The molecule has 5 rings (SSSR count). The highest BCUT2D eigenvalue weighted by Gasteiger charge is 2.41. The number of carbonyl (C=O) groups is 4. The summed E-state index contributed by atoms with van der Waals surface area (Å²) >= 11 is 0. The van der Waals surface area contributed by atoms with Crippen molar-refractivity contribution in [2.45, 2.75) is 37.8 Å². The fourth-order valence-electron chi connectivity index (χ4n) is 4.60. The molecule has 6 heteroatoms. The van der Waals surface area contributed by atoms with Crippen molar-refractivity contribution in [3.05, 3.63) is 82.9 Å². The maximum atomic E-state index is 12.8. The van der Waals surface area contributed by atoms with Gasteiger partial charge in [-0.3, -0.25) is 29.0 Å². The van der Waals surface area contributed by atoms with Crippen LogP contribution in [0.15, 0.2) is 60.7 Å². The first-order chi connectivity index (χ1) is 14.6. The Kier molecular flexibility index (Phi) is 4.35. The number of amides is 4. The molecular formula is C24H20N2O4. The number of nitrogens with zero attached hydrogens (tertiary/aromatic N) is 2. The van der Waals surface area contributed by atoms with Crippen LogP contribution in [0.3, 0.4) is 0 Å². The molecule has 2 unspecified atom stereocenters. The van der Waals surface area contributed by atoms with Crippen molar-refractivity contribution in [2.75, 3.05) is 0 Å². The zero-order valence-corrected chi connectivity index (χ0v) is 16.3. The topological polar surface area (TPSA) is 74.8 Å². The second-order valence-corrected chi connectivity index (χ2v) is 7.86. The minimum Gasteiger partial charge on any atom is -0.269 e. The van der Waals surface area contributed by atoms with Crippen molar-refractivity contribution in [3.8, 4) is 0 Å². The molecule has 0 saturated carbocycles. The molecule has 2 heterocycles. The summed E-state index contributed by atoms with van der Waals surface area (Å²) in [5, 5.41) is 0. The Bertz CT molecular complexity index is 962. The van der Waals surface area contributed by atoms with Crippen molar-refractivity contribution in [3.63, 3.8) is 0 Å². The van der Waals surface area contributed by atoms with Crippen LogP contribution >= 0.6 is 0 Å². The minimum absolute atomic E-state index is 0.289. The van der Waals surface area contributed by atoms with Crippen LogP contribution in [0.25, 0.3) is 0 Å². The maximum absolute atomic E-state index is 12.8. The molecule has 0 N–H and O–H groups in total. The molecule has 0 fully saturated rings. The smallest absolute Gasteiger partial charge is 0.262 e. The van der Waals surface area contributed by atoms with Crippen molar-refractivity contribution in [1.29, 1.82) is 0 Å².